The molecule has 7 rings (SSSR count). The highest BCUT2D eigenvalue weighted by molar-refractivity contribution is 5.84. The van der Waals surface area contributed by atoms with Crippen LogP contribution in [0.3, 0.4) is 0 Å². The molecule has 0 unspecified atom stereocenters. The van der Waals surface area contributed by atoms with E-state index in [4.69, 9.17) is 0 Å². The molecule has 0 radical (unpaired) electrons. The first kappa shape index (κ1) is 17.6. The second-order valence-electron chi connectivity index (χ2n) is 9.06. The van der Waals surface area contributed by atoms with Gasteiger partial charge in [-0.15, -0.1) is 0 Å². The molecule has 1 aromatic carbocycles. The van der Waals surface area contributed by atoms with Gasteiger partial charge >= 0.3 is 0 Å². The van der Waals surface area contributed by atoms with Crippen LogP contribution in [0, 0.1) is 5.41 Å². The predicted octanol–water partition coefficient (Wildman–Crippen LogP) is 2.95. The van der Waals surface area contributed by atoms with E-state index in [0.29, 0.717) is 6.04 Å². The van der Waals surface area contributed by atoms with E-state index < -0.39 is 5.60 Å². The smallest absolute Gasteiger partial charge is 0.159 e. The predicted molar refractivity (Wildman–Crippen MR) is 113 cm³/mol. The molecule has 0 amide bonds. The molecule has 4 aromatic rings. The van der Waals surface area contributed by atoms with E-state index in [-0.39, 0.29) is 5.41 Å². The molecular weight excluding hydrogens is 378 g/mol. The van der Waals surface area contributed by atoms with Gasteiger partial charge in [0.25, 0.3) is 0 Å². The fraction of sp³-hybridized carbons (Fsp3) is 0.364. The zero-order valence-corrected chi connectivity index (χ0v) is 16.9. The number of nitrogens with one attached hydrogen (secondary N) is 1. The van der Waals surface area contributed by atoms with Gasteiger partial charge in [0.05, 0.1) is 23.0 Å². The van der Waals surface area contributed by atoms with Crippen LogP contribution in [0.5, 0.6) is 0 Å². The van der Waals surface area contributed by atoms with Gasteiger partial charge in [0.1, 0.15) is 12.1 Å². The Morgan fingerprint density at radius 1 is 1.13 bits per heavy atom. The summed E-state index contributed by atoms with van der Waals surface area (Å²) in [4.78, 5) is 11.3. The van der Waals surface area contributed by atoms with Gasteiger partial charge in [-0.3, -0.25) is 5.10 Å². The van der Waals surface area contributed by atoms with Crippen molar-refractivity contribution in [2.45, 2.75) is 38.3 Å². The average Bonchev–Trinajstić information content (AvgIpc) is 3.48. The summed E-state index contributed by atoms with van der Waals surface area (Å²) in [6, 6.07) is 10.6. The second kappa shape index (κ2) is 5.89. The molecule has 3 fully saturated rings. The molecule has 2 bridgehead atoms. The lowest BCUT2D eigenvalue weighted by Crippen LogP contribution is -2.50. The Morgan fingerprint density at radius 2 is 1.97 bits per heavy atom. The van der Waals surface area contributed by atoms with Crippen LogP contribution in [-0.2, 0) is 0 Å². The van der Waals surface area contributed by atoms with Gasteiger partial charge in [0.15, 0.2) is 5.82 Å². The summed E-state index contributed by atoms with van der Waals surface area (Å²) in [5.74, 6) is 1.63. The minimum Gasteiger partial charge on any atom is -0.390 e. The molecule has 30 heavy (non-hydrogen) atoms. The molecule has 2 saturated heterocycles. The summed E-state index contributed by atoms with van der Waals surface area (Å²) < 4.78 is 1.85. The molecule has 2 N–H and O–H groups in total. The van der Waals surface area contributed by atoms with Crippen molar-refractivity contribution in [3.63, 3.8) is 0 Å². The first-order valence-corrected chi connectivity index (χ1v) is 10.2. The van der Waals surface area contributed by atoms with Gasteiger partial charge < -0.3 is 10.0 Å². The average molecular weight is 401 g/mol. The number of rotatable bonds is 4. The van der Waals surface area contributed by atoms with Crippen LogP contribution in [0.4, 0.5) is 5.82 Å². The van der Waals surface area contributed by atoms with Crippen molar-refractivity contribution in [1.82, 2.24) is 29.9 Å². The third kappa shape index (κ3) is 2.43. The van der Waals surface area contributed by atoms with Gasteiger partial charge in [0.2, 0.25) is 0 Å². The molecule has 8 heteroatoms. The molecule has 8 nitrogen and oxygen atoms in total. The molecule has 2 aliphatic heterocycles. The summed E-state index contributed by atoms with van der Waals surface area (Å²) in [6.45, 7) is 4.66. The van der Waals surface area contributed by atoms with E-state index in [1.807, 2.05) is 36.9 Å². The normalized spacial score (nSPS) is 23.2. The quantitative estimate of drug-likeness (QED) is 0.546. The van der Waals surface area contributed by atoms with Crippen LogP contribution in [0.25, 0.3) is 28.0 Å². The minimum absolute atomic E-state index is 0.0415. The molecule has 0 spiro atoms. The summed E-state index contributed by atoms with van der Waals surface area (Å²) >= 11 is 0. The SMILES string of the molecule is CC(C)(O)C12CC(C1)N(c1cc(-n3ncc4ccc(-c5ccn[nH]5)cc43)ncn1)C2. The van der Waals surface area contributed by atoms with Crippen molar-refractivity contribution in [1.29, 1.82) is 0 Å². The van der Waals surface area contributed by atoms with Gasteiger partial charge in [0, 0.05) is 41.2 Å². The highest BCUT2D eigenvalue weighted by atomic mass is 16.3. The number of fused-ring (bicyclic) bond motifs is 2. The molecular formula is C22H23N7O. The summed E-state index contributed by atoms with van der Waals surface area (Å²) in [5, 5.41) is 23.3. The van der Waals surface area contributed by atoms with Crippen LogP contribution in [0.2, 0.25) is 0 Å². The number of benzene rings is 1. The Morgan fingerprint density at radius 3 is 2.70 bits per heavy atom. The number of hydrogen-bond acceptors (Lipinski definition) is 6. The molecule has 0 atom stereocenters. The Labute approximate surface area is 173 Å². The van der Waals surface area contributed by atoms with Gasteiger partial charge in [-0.05, 0) is 38.8 Å². The van der Waals surface area contributed by atoms with Crippen molar-refractivity contribution < 1.29 is 5.11 Å². The first-order chi connectivity index (χ1) is 14.4. The Kier molecular flexibility index (Phi) is 3.45. The van der Waals surface area contributed by atoms with E-state index in [9.17, 15) is 5.11 Å². The lowest BCUT2D eigenvalue weighted by molar-refractivity contribution is -0.0754. The molecule has 3 aliphatic rings. The van der Waals surface area contributed by atoms with Crippen molar-refractivity contribution in [3.05, 3.63) is 49.1 Å². The number of H-pyrrole nitrogens is 1. The van der Waals surface area contributed by atoms with E-state index in [0.717, 1.165) is 53.2 Å². The number of aliphatic hydroxyl groups is 1. The Balaban J connectivity index is 1.37. The first-order valence-electron chi connectivity index (χ1n) is 10.2. The Bertz CT molecular complexity index is 1230. The maximum absolute atomic E-state index is 10.6. The zero-order valence-electron chi connectivity index (χ0n) is 16.9. The van der Waals surface area contributed by atoms with Gasteiger partial charge in [-0.1, -0.05) is 12.1 Å². The number of nitrogens with zero attached hydrogens (tertiary/aromatic N) is 6. The van der Waals surface area contributed by atoms with Crippen molar-refractivity contribution in [3.8, 4) is 17.1 Å². The van der Waals surface area contributed by atoms with Gasteiger partial charge in [-0.2, -0.15) is 10.2 Å². The van der Waals surface area contributed by atoms with Crippen LogP contribution in [0.15, 0.2) is 49.1 Å². The van der Waals surface area contributed by atoms with Crippen LogP contribution in [-0.4, -0.2) is 53.2 Å². The Hall–Kier alpha value is -3.26. The van der Waals surface area contributed by atoms with Crippen LogP contribution < -0.4 is 4.90 Å². The number of aromatic amines is 1. The molecule has 5 heterocycles. The van der Waals surface area contributed by atoms with Crippen molar-refractivity contribution >= 4 is 16.7 Å². The van der Waals surface area contributed by atoms with Crippen molar-refractivity contribution in [2.24, 2.45) is 5.41 Å². The lowest BCUT2D eigenvalue weighted by atomic mass is 9.61. The number of hydrogen-bond donors (Lipinski definition) is 2. The van der Waals surface area contributed by atoms with Gasteiger partial charge in [-0.25, -0.2) is 14.6 Å². The molecule has 1 aliphatic carbocycles. The lowest BCUT2D eigenvalue weighted by Gasteiger charge is -2.45. The number of aromatic nitrogens is 6. The minimum atomic E-state index is -0.685. The molecule has 1 saturated carbocycles. The summed E-state index contributed by atoms with van der Waals surface area (Å²) in [5.41, 5.74) is 2.26. The second-order valence-corrected chi connectivity index (χ2v) is 9.06. The van der Waals surface area contributed by atoms with E-state index in [1.165, 1.54) is 0 Å². The fourth-order valence-electron chi connectivity index (χ4n) is 5.00. The topological polar surface area (TPSA) is 95.8 Å². The van der Waals surface area contributed by atoms with Crippen molar-refractivity contribution in [2.75, 3.05) is 11.4 Å². The monoisotopic (exact) mass is 401 g/mol. The maximum atomic E-state index is 10.6. The zero-order chi connectivity index (χ0) is 20.5. The largest absolute Gasteiger partial charge is 0.390 e. The molecule has 152 valence electrons. The summed E-state index contributed by atoms with van der Waals surface area (Å²) in [6.07, 6.45) is 7.21. The van der Waals surface area contributed by atoms with E-state index in [1.54, 1.807) is 12.5 Å². The maximum Gasteiger partial charge on any atom is 0.159 e. The van der Waals surface area contributed by atoms with Crippen LogP contribution in [0.1, 0.15) is 26.7 Å². The standard InChI is InChI=1S/C22H23N7O/c1-21(2,30)22-9-16(10-22)28(12-22)19-8-20(24-13-23-19)29-18-7-14(17-5-6-25-27-17)3-4-15(18)11-26-29/h3-8,11,13,16,30H,9-10,12H2,1-2H3,(H,25,27). The van der Waals surface area contributed by atoms with Crippen LogP contribution >= 0.6 is 0 Å². The highest BCUT2D eigenvalue weighted by Crippen LogP contribution is 2.58. The van der Waals surface area contributed by atoms with E-state index in [2.05, 4.69) is 48.4 Å². The molecule has 3 aromatic heterocycles. The highest BCUT2D eigenvalue weighted by Gasteiger charge is 2.62. The summed E-state index contributed by atoms with van der Waals surface area (Å²) in [7, 11) is 0. The van der Waals surface area contributed by atoms with E-state index >= 15 is 0 Å². The third-order valence-corrected chi connectivity index (χ3v) is 7.00. The fourth-order valence-corrected chi connectivity index (χ4v) is 5.00. The number of anilines is 1. The third-order valence-electron chi connectivity index (χ3n) is 7.00.